The zero-order chi connectivity index (χ0) is 13.8. The van der Waals surface area contributed by atoms with Gasteiger partial charge in [0.05, 0.1) is 13.7 Å². The zero-order valence-electron chi connectivity index (χ0n) is 9.54. The van der Waals surface area contributed by atoms with E-state index in [0.29, 0.717) is 11.3 Å². The van der Waals surface area contributed by atoms with E-state index in [-0.39, 0.29) is 12.3 Å². The smallest absolute Gasteiger partial charge is 0.397 e. The summed E-state index contributed by atoms with van der Waals surface area (Å²) in [5, 5.41) is 11.1. The highest BCUT2D eigenvalue weighted by Crippen LogP contribution is 2.24. The van der Waals surface area contributed by atoms with Crippen LogP contribution in [0.25, 0.3) is 0 Å². The van der Waals surface area contributed by atoms with Crippen LogP contribution in [-0.2, 0) is 11.4 Å². The SMILES string of the molecule is COc1ccc(NC(=O)CC(F)(F)F)cc1CO. The van der Waals surface area contributed by atoms with E-state index in [9.17, 15) is 18.0 Å². The lowest BCUT2D eigenvalue weighted by atomic mass is 10.2. The number of methoxy groups -OCH3 is 1. The molecule has 7 heteroatoms. The summed E-state index contributed by atoms with van der Waals surface area (Å²) in [5.41, 5.74) is 0.552. The van der Waals surface area contributed by atoms with Gasteiger partial charge in [-0.3, -0.25) is 4.79 Å². The van der Waals surface area contributed by atoms with Crippen molar-refractivity contribution in [2.75, 3.05) is 12.4 Å². The van der Waals surface area contributed by atoms with Gasteiger partial charge in [-0.05, 0) is 18.2 Å². The fourth-order valence-corrected chi connectivity index (χ4v) is 1.37. The van der Waals surface area contributed by atoms with Crippen LogP contribution in [0, 0.1) is 0 Å². The molecule has 0 aliphatic rings. The Bertz CT molecular complexity index is 432. The second kappa shape index (κ2) is 5.72. The zero-order valence-corrected chi connectivity index (χ0v) is 9.54. The number of ether oxygens (including phenoxy) is 1. The van der Waals surface area contributed by atoms with Crippen LogP contribution in [0.1, 0.15) is 12.0 Å². The standard InChI is InChI=1S/C11H12F3NO3/c1-18-9-3-2-8(4-7(9)6-16)15-10(17)5-11(12,13)14/h2-4,16H,5-6H2,1H3,(H,15,17). The molecule has 0 saturated carbocycles. The second-order valence-electron chi connectivity index (χ2n) is 3.52. The Morgan fingerprint density at radius 3 is 2.61 bits per heavy atom. The molecule has 0 aromatic heterocycles. The Morgan fingerprint density at radius 2 is 2.11 bits per heavy atom. The fourth-order valence-electron chi connectivity index (χ4n) is 1.37. The molecule has 0 unspecified atom stereocenters. The van der Waals surface area contributed by atoms with Gasteiger partial charge in [0.25, 0.3) is 0 Å². The van der Waals surface area contributed by atoms with Crippen LogP contribution in [0.5, 0.6) is 5.75 Å². The number of hydrogen-bond donors (Lipinski definition) is 2. The van der Waals surface area contributed by atoms with Crippen molar-refractivity contribution in [1.82, 2.24) is 0 Å². The predicted octanol–water partition coefficient (Wildman–Crippen LogP) is 2.08. The van der Waals surface area contributed by atoms with Crippen LogP contribution in [0.4, 0.5) is 18.9 Å². The van der Waals surface area contributed by atoms with Gasteiger partial charge >= 0.3 is 6.18 Å². The van der Waals surface area contributed by atoms with Gasteiger partial charge in [0, 0.05) is 11.3 Å². The summed E-state index contributed by atoms with van der Waals surface area (Å²) in [5.74, 6) is -0.761. The molecule has 4 nitrogen and oxygen atoms in total. The molecule has 0 heterocycles. The van der Waals surface area contributed by atoms with Gasteiger partial charge in [0.1, 0.15) is 12.2 Å². The number of hydrogen-bond acceptors (Lipinski definition) is 3. The Kier molecular flexibility index (Phi) is 4.55. The van der Waals surface area contributed by atoms with E-state index in [1.807, 2.05) is 0 Å². The van der Waals surface area contributed by atoms with Crippen LogP contribution in [0.2, 0.25) is 0 Å². The lowest BCUT2D eigenvalue weighted by Gasteiger charge is -2.11. The van der Waals surface area contributed by atoms with Crippen LogP contribution in [0.3, 0.4) is 0 Å². The average molecular weight is 263 g/mol. The van der Waals surface area contributed by atoms with E-state index in [1.165, 1.54) is 25.3 Å². The first-order valence-corrected chi connectivity index (χ1v) is 5.00. The van der Waals surface area contributed by atoms with Crippen molar-refractivity contribution in [1.29, 1.82) is 0 Å². The number of anilines is 1. The first-order valence-electron chi connectivity index (χ1n) is 5.00. The van der Waals surface area contributed by atoms with Crippen molar-refractivity contribution in [3.05, 3.63) is 23.8 Å². The molecule has 1 aromatic carbocycles. The molecule has 0 aliphatic carbocycles. The molecule has 100 valence electrons. The predicted molar refractivity (Wildman–Crippen MR) is 58.2 cm³/mol. The van der Waals surface area contributed by atoms with Gasteiger partial charge in [-0.15, -0.1) is 0 Å². The lowest BCUT2D eigenvalue weighted by molar-refractivity contribution is -0.150. The van der Waals surface area contributed by atoms with Crippen LogP contribution in [0.15, 0.2) is 18.2 Å². The molecule has 0 bridgehead atoms. The van der Waals surface area contributed by atoms with Crippen molar-refractivity contribution in [2.24, 2.45) is 0 Å². The Morgan fingerprint density at radius 1 is 1.44 bits per heavy atom. The number of aliphatic hydroxyl groups is 1. The van der Waals surface area contributed by atoms with Gasteiger partial charge in [0.2, 0.25) is 5.91 Å². The van der Waals surface area contributed by atoms with E-state index < -0.39 is 18.5 Å². The number of carbonyl (C=O) groups is 1. The monoisotopic (exact) mass is 263 g/mol. The highest BCUT2D eigenvalue weighted by atomic mass is 19.4. The molecule has 1 rings (SSSR count). The van der Waals surface area contributed by atoms with Crippen LogP contribution >= 0.6 is 0 Å². The van der Waals surface area contributed by atoms with Crippen molar-refractivity contribution in [3.63, 3.8) is 0 Å². The molecule has 0 aliphatic heterocycles. The van der Waals surface area contributed by atoms with Gasteiger partial charge in [-0.25, -0.2) is 0 Å². The summed E-state index contributed by atoms with van der Waals surface area (Å²) in [7, 11) is 1.40. The van der Waals surface area contributed by atoms with Crippen LogP contribution < -0.4 is 10.1 Å². The normalized spacial score (nSPS) is 11.2. The molecule has 0 fully saturated rings. The maximum atomic E-state index is 12.0. The number of nitrogens with one attached hydrogen (secondary N) is 1. The third-order valence-electron chi connectivity index (χ3n) is 2.10. The third kappa shape index (κ3) is 4.25. The third-order valence-corrected chi connectivity index (χ3v) is 2.10. The molecule has 0 saturated heterocycles. The highest BCUT2D eigenvalue weighted by Gasteiger charge is 2.31. The topological polar surface area (TPSA) is 58.6 Å². The number of aliphatic hydroxyl groups excluding tert-OH is 1. The summed E-state index contributed by atoms with van der Waals surface area (Å²) in [6.07, 6.45) is -6.09. The molecular formula is C11H12F3NO3. The quantitative estimate of drug-likeness (QED) is 0.874. The molecule has 0 radical (unpaired) electrons. The Hall–Kier alpha value is -1.76. The first kappa shape index (κ1) is 14.3. The highest BCUT2D eigenvalue weighted by molar-refractivity contribution is 5.91. The maximum absolute atomic E-state index is 12.0. The van der Waals surface area contributed by atoms with Crippen molar-refractivity contribution >= 4 is 11.6 Å². The minimum Gasteiger partial charge on any atom is -0.496 e. The fraction of sp³-hybridized carbons (Fsp3) is 0.364. The molecule has 1 amide bonds. The van der Waals surface area contributed by atoms with Crippen molar-refractivity contribution in [2.45, 2.75) is 19.2 Å². The van der Waals surface area contributed by atoms with E-state index >= 15 is 0 Å². The lowest BCUT2D eigenvalue weighted by Crippen LogP contribution is -2.21. The van der Waals surface area contributed by atoms with E-state index in [1.54, 1.807) is 0 Å². The van der Waals surface area contributed by atoms with Gasteiger partial charge in [-0.1, -0.05) is 0 Å². The van der Waals surface area contributed by atoms with Gasteiger partial charge < -0.3 is 15.2 Å². The average Bonchev–Trinajstić information content (AvgIpc) is 2.26. The summed E-state index contributed by atoms with van der Waals surface area (Å²) in [6, 6.07) is 4.20. The summed E-state index contributed by atoms with van der Waals surface area (Å²) < 4.78 is 40.8. The largest absolute Gasteiger partial charge is 0.496 e. The van der Waals surface area contributed by atoms with E-state index in [2.05, 4.69) is 5.32 Å². The number of alkyl halides is 3. The van der Waals surface area contributed by atoms with Gasteiger partial charge in [-0.2, -0.15) is 13.2 Å². The molecule has 0 spiro atoms. The van der Waals surface area contributed by atoms with E-state index in [0.717, 1.165) is 0 Å². The van der Waals surface area contributed by atoms with Gasteiger partial charge in [0.15, 0.2) is 0 Å². The van der Waals surface area contributed by atoms with Crippen LogP contribution in [-0.4, -0.2) is 24.3 Å². The Balaban J connectivity index is 2.76. The maximum Gasteiger partial charge on any atom is 0.397 e. The number of halogens is 3. The summed E-state index contributed by atoms with van der Waals surface area (Å²) in [6.45, 7) is -0.341. The number of amides is 1. The number of carbonyl (C=O) groups excluding carboxylic acids is 1. The molecule has 18 heavy (non-hydrogen) atoms. The minimum atomic E-state index is -4.55. The van der Waals surface area contributed by atoms with Crippen molar-refractivity contribution < 1.29 is 27.8 Å². The molecular weight excluding hydrogens is 251 g/mol. The van der Waals surface area contributed by atoms with Crippen molar-refractivity contribution in [3.8, 4) is 5.75 Å². The second-order valence-corrected chi connectivity index (χ2v) is 3.52. The number of rotatable bonds is 4. The summed E-state index contributed by atoms with van der Waals surface area (Å²) in [4.78, 5) is 11.1. The first-order chi connectivity index (χ1) is 8.35. The number of benzene rings is 1. The Labute approximate surface area is 101 Å². The molecule has 1 aromatic rings. The molecule has 0 atom stereocenters. The molecule has 2 N–H and O–H groups in total. The minimum absolute atomic E-state index is 0.175. The van der Waals surface area contributed by atoms with E-state index in [4.69, 9.17) is 9.84 Å². The summed E-state index contributed by atoms with van der Waals surface area (Å²) >= 11 is 0.